The fourth-order valence-electron chi connectivity index (χ4n) is 4.17. The van der Waals surface area contributed by atoms with E-state index in [0.717, 1.165) is 28.8 Å². The van der Waals surface area contributed by atoms with E-state index < -0.39 is 5.82 Å². The van der Waals surface area contributed by atoms with Crippen molar-refractivity contribution in [3.63, 3.8) is 0 Å². The van der Waals surface area contributed by atoms with Gasteiger partial charge in [-0.2, -0.15) is 0 Å². The zero-order valence-electron chi connectivity index (χ0n) is 21.2. The summed E-state index contributed by atoms with van der Waals surface area (Å²) >= 11 is 1.16. The summed E-state index contributed by atoms with van der Waals surface area (Å²) in [5.74, 6) is 0.223. The van der Waals surface area contributed by atoms with Gasteiger partial charge in [-0.05, 0) is 60.7 Å². The van der Waals surface area contributed by atoms with Crippen molar-refractivity contribution in [3.05, 3.63) is 84.2 Å². The number of halogens is 1. The number of aromatic nitrogens is 2. The molecule has 0 atom stereocenters. The SMILES string of the molecule is COc1ccc(-c2nnc(SCC(=O)Nc3ccc(N4CCN(C(=O)c5ccccc5F)CC4)cc3)o2)cc1. The van der Waals surface area contributed by atoms with Gasteiger partial charge in [0.15, 0.2) is 0 Å². The largest absolute Gasteiger partial charge is 0.497 e. The molecule has 2 heterocycles. The number of rotatable bonds is 8. The van der Waals surface area contributed by atoms with Gasteiger partial charge in [0.2, 0.25) is 11.8 Å². The number of hydrogen-bond donors (Lipinski definition) is 1. The third-order valence-electron chi connectivity index (χ3n) is 6.26. The molecular weight excluding hydrogens is 521 g/mol. The molecule has 1 aliphatic heterocycles. The Morgan fingerprint density at radius 3 is 2.38 bits per heavy atom. The highest BCUT2D eigenvalue weighted by Crippen LogP contribution is 2.25. The summed E-state index contributed by atoms with van der Waals surface area (Å²) in [4.78, 5) is 28.9. The van der Waals surface area contributed by atoms with Crippen LogP contribution in [0.15, 0.2) is 82.4 Å². The maximum Gasteiger partial charge on any atom is 0.277 e. The molecule has 3 aromatic carbocycles. The molecule has 0 spiro atoms. The van der Waals surface area contributed by atoms with E-state index in [1.165, 1.54) is 12.1 Å². The van der Waals surface area contributed by atoms with Crippen LogP contribution >= 0.6 is 11.8 Å². The minimum absolute atomic E-state index is 0.0981. The van der Waals surface area contributed by atoms with Gasteiger partial charge in [-0.25, -0.2) is 4.39 Å². The molecule has 2 amide bonds. The zero-order chi connectivity index (χ0) is 27.2. The van der Waals surface area contributed by atoms with Crippen LogP contribution in [0.25, 0.3) is 11.5 Å². The Labute approximate surface area is 229 Å². The van der Waals surface area contributed by atoms with E-state index in [1.807, 2.05) is 36.4 Å². The van der Waals surface area contributed by atoms with Crippen LogP contribution in [0.4, 0.5) is 15.8 Å². The first-order valence-electron chi connectivity index (χ1n) is 12.3. The van der Waals surface area contributed by atoms with Crippen LogP contribution in [-0.4, -0.2) is 66.0 Å². The standard InChI is InChI=1S/C28H26FN5O4S/c1-37-22-12-6-19(7-13-22)26-31-32-28(38-26)39-18-25(35)30-20-8-10-21(11-9-20)33-14-16-34(17-15-33)27(36)23-4-2-3-5-24(23)29/h2-13H,14-18H2,1H3,(H,30,35). The maximum absolute atomic E-state index is 14.0. The van der Waals surface area contributed by atoms with E-state index in [2.05, 4.69) is 20.4 Å². The highest BCUT2D eigenvalue weighted by Gasteiger charge is 2.24. The number of hydrogen-bond acceptors (Lipinski definition) is 8. The van der Waals surface area contributed by atoms with Gasteiger partial charge in [-0.3, -0.25) is 9.59 Å². The summed E-state index contributed by atoms with van der Waals surface area (Å²) in [6.07, 6.45) is 0. The molecular formula is C28H26FN5O4S. The molecule has 0 bridgehead atoms. The van der Waals surface area contributed by atoms with E-state index in [1.54, 1.807) is 36.3 Å². The molecule has 1 fully saturated rings. The monoisotopic (exact) mass is 547 g/mol. The van der Waals surface area contributed by atoms with Crippen molar-refractivity contribution < 1.29 is 23.1 Å². The summed E-state index contributed by atoms with van der Waals surface area (Å²) in [6.45, 7) is 2.26. The molecule has 200 valence electrons. The van der Waals surface area contributed by atoms with Gasteiger partial charge in [0.25, 0.3) is 11.1 Å². The first-order chi connectivity index (χ1) is 19.0. The Balaban J connectivity index is 1.08. The van der Waals surface area contributed by atoms with Crippen molar-refractivity contribution in [1.29, 1.82) is 0 Å². The maximum atomic E-state index is 14.0. The molecule has 0 aliphatic carbocycles. The van der Waals surface area contributed by atoms with Gasteiger partial charge in [0.05, 0.1) is 18.4 Å². The van der Waals surface area contributed by atoms with E-state index in [-0.39, 0.29) is 23.1 Å². The number of nitrogens with zero attached hydrogens (tertiary/aromatic N) is 4. The number of benzene rings is 3. The second kappa shape index (κ2) is 12.0. The molecule has 39 heavy (non-hydrogen) atoms. The van der Waals surface area contributed by atoms with Gasteiger partial charge in [-0.1, -0.05) is 23.9 Å². The van der Waals surface area contributed by atoms with Crippen LogP contribution < -0.4 is 15.0 Å². The van der Waals surface area contributed by atoms with E-state index in [4.69, 9.17) is 9.15 Å². The number of ether oxygens (including phenoxy) is 1. The van der Waals surface area contributed by atoms with E-state index >= 15 is 0 Å². The molecule has 5 rings (SSSR count). The molecule has 0 unspecified atom stereocenters. The molecule has 0 saturated carbocycles. The minimum atomic E-state index is -0.503. The minimum Gasteiger partial charge on any atom is -0.497 e. The summed E-state index contributed by atoms with van der Waals surface area (Å²) in [6, 6.07) is 20.8. The fraction of sp³-hybridized carbons (Fsp3) is 0.214. The highest BCUT2D eigenvalue weighted by molar-refractivity contribution is 7.99. The lowest BCUT2D eigenvalue weighted by atomic mass is 10.1. The number of anilines is 2. The number of amides is 2. The zero-order valence-corrected chi connectivity index (χ0v) is 22.0. The average molecular weight is 548 g/mol. The van der Waals surface area contributed by atoms with Gasteiger partial charge in [0, 0.05) is 43.1 Å². The van der Waals surface area contributed by atoms with Crippen molar-refractivity contribution in [2.45, 2.75) is 5.22 Å². The van der Waals surface area contributed by atoms with Crippen LogP contribution in [0.3, 0.4) is 0 Å². The lowest BCUT2D eigenvalue weighted by Gasteiger charge is -2.36. The summed E-state index contributed by atoms with van der Waals surface area (Å²) < 4.78 is 24.8. The molecule has 1 saturated heterocycles. The molecule has 11 heteroatoms. The topological polar surface area (TPSA) is 101 Å². The lowest BCUT2D eigenvalue weighted by Crippen LogP contribution is -2.49. The lowest BCUT2D eigenvalue weighted by molar-refractivity contribution is -0.113. The number of methoxy groups -OCH3 is 1. The van der Waals surface area contributed by atoms with Gasteiger partial charge < -0.3 is 24.3 Å². The molecule has 1 N–H and O–H groups in total. The molecule has 9 nitrogen and oxygen atoms in total. The first kappa shape index (κ1) is 26.2. The second-order valence-corrected chi connectivity index (χ2v) is 9.67. The predicted octanol–water partition coefficient (Wildman–Crippen LogP) is 4.58. The third-order valence-corrected chi connectivity index (χ3v) is 7.08. The third kappa shape index (κ3) is 6.37. The fourth-order valence-corrected chi connectivity index (χ4v) is 4.73. The molecule has 1 aromatic heterocycles. The Morgan fingerprint density at radius 2 is 1.69 bits per heavy atom. The smallest absolute Gasteiger partial charge is 0.277 e. The van der Waals surface area contributed by atoms with Crippen molar-refractivity contribution in [1.82, 2.24) is 15.1 Å². The Kier molecular flexibility index (Phi) is 8.07. The van der Waals surface area contributed by atoms with Crippen molar-refractivity contribution >= 4 is 35.0 Å². The Hall–Kier alpha value is -4.38. The van der Waals surface area contributed by atoms with Crippen LogP contribution in [0.1, 0.15) is 10.4 Å². The molecule has 4 aromatic rings. The highest BCUT2D eigenvalue weighted by atomic mass is 32.2. The van der Waals surface area contributed by atoms with Crippen LogP contribution in [-0.2, 0) is 4.79 Å². The summed E-state index contributed by atoms with van der Waals surface area (Å²) in [5.41, 5.74) is 2.51. The van der Waals surface area contributed by atoms with Crippen LogP contribution in [0, 0.1) is 5.82 Å². The van der Waals surface area contributed by atoms with Crippen molar-refractivity contribution in [3.8, 4) is 17.2 Å². The number of carbonyl (C=O) groups excluding carboxylic acids is 2. The van der Waals surface area contributed by atoms with Gasteiger partial charge in [0.1, 0.15) is 11.6 Å². The van der Waals surface area contributed by atoms with Gasteiger partial charge >= 0.3 is 0 Å². The Bertz CT molecular complexity index is 1440. The van der Waals surface area contributed by atoms with E-state index in [0.29, 0.717) is 43.0 Å². The number of piperazine rings is 1. The normalized spacial score (nSPS) is 13.3. The number of carbonyl (C=O) groups is 2. The second-order valence-electron chi connectivity index (χ2n) is 8.74. The molecule has 0 radical (unpaired) electrons. The summed E-state index contributed by atoms with van der Waals surface area (Å²) in [7, 11) is 1.60. The van der Waals surface area contributed by atoms with Crippen LogP contribution in [0.2, 0.25) is 0 Å². The average Bonchev–Trinajstić information content (AvgIpc) is 3.46. The Morgan fingerprint density at radius 1 is 0.974 bits per heavy atom. The quantitative estimate of drug-likeness (QED) is 0.320. The first-order valence-corrected chi connectivity index (χ1v) is 13.3. The number of thioether (sulfide) groups is 1. The van der Waals surface area contributed by atoms with Crippen LogP contribution in [0.5, 0.6) is 5.75 Å². The van der Waals surface area contributed by atoms with Crippen molar-refractivity contribution in [2.24, 2.45) is 0 Å². The number of nitrogens with one attached hydrogen (secondary N) is 1. The predicted molar refractivity (Wildman–Crippen MR) is 147 cm³/mol. The van der Waals surface area contributed by atoms with Crippen molar-refractivity contribution in [2.75, 3.05) is 49.3 Å². The summed E-state index contributed by atoms with van der Waals surface area (Å²) in [5, 5.41) is 11.2. The van der Waals surface area contributed by atoms with E-state index in [9.17, 15) is 14.0 Å². The van der Waals surface area contributed by atoms with Gasteiger partial charge in [-0.15, -0.1) is 10.2 Å². The molecule has 1 aliphatic rings.